The van der Waals surface area contributed by atoms with E-state index in [0.29, 0.717) is 5.82 Å². The second-order valence-corrected chi connectivity index (χ2v) is 3.49. The van der Waals surface area contributed by atoms with Gasteiger partial charge in [-0.1, -0.05) is 6.42 Å². The van der Waals surface area contributed by atoms with Gasteiger partial charge in [0.2, 0.25) is 5.88 Å². The van der Waals surface area contributed by atoms with Crippen molar-refractivity contribution < 1.29 is 5.11 Å². The van der Waals surface area contributed by atoms with Crippen molar-refractivity contribution in [2.75, 3.05) is 6.54 Å². The summed E-state index contributed by atoms with van der Waals surface area (Å²) in [5.74, 6) is 0.325. The number of hydrogen-bond donors (Lipinski definition) is 3. The fraction of sp³-hybridized carbons (Fsp3) is 0.556. The van der Waals surface area contributed by atoms with Crippen LogP contribution >= 0.6 is 0 Å². The maximum absolute atomic E-state index is 11.1. The second kappa shape index (κ2) is 3.79. The third kappa shape index (κ3) is 1.93. The fourth-order valence-electron chi connectivity index (χ4n) is 1.71. The van der Waals surface area contributed by atoms with Gasteiger partial charge >= 0.3 is 0 Å². The number of aromatic hydroxyl groups is 1. The molecule has 0 aliphatic carbocycles. The van der Waals surface area contributed by atoms with Crippen molar-refractivity contribution in [1.29, 1.82) is 0 Å². The van der Waals surface area contributed by atoms with Crippen LogP contribution in [0.4, 0.5) is 0 Å². The molecule has 1 aromatic rings. The van der Waals surface area contributed by atoms with Crippen LogP contribution in [0.1, 0.15) is 31.1 Å². The maximum Gasteiger partial charge on any atom is 0.254 e. The summed E-state index contributed by atoms with van der Waals surface area (Å²) in [6.45, 7) is 0.935. The Hall–Kier alpha value is -1.36. The molecule has 2 heterocycles. The van der Waals surface area contributed by atoms with Gasteiger partial charge in [0, 0.05) is 0 Å². The van der Waals surface area contributed by atoms with E-state index in [1.54, 1.807) is 0 Å². The zero-order valence-electron chi connectivity index (χ0n) is 7.79. The molecule has 1 aromatic heterocycles. The summed E-state index contributed by atoms with van der Waals surface area (Å²) < 4.78 is 0. The summed E-state index contributed by atoms with van der Waals surface area (Å²) >= 11 is 0. The first-order chi connectivity index (χ1) is 6.75. The van der Waals surface area contributed by atoms with Gasteiger partial charge in [-0.2, -0.15) is 4.98 Å². The first-order valence-corrected chi connectivity index (χ1v) is 4.79. The molecule has 0 bridgehead atoms. The van der Waals surface area contributed by atoms with Crippen molar-refractivity contribution in [3.63, 3.8) is 0 Å². The SMILES string of the molecule is O=c1cc(O)nc(C2CCCCN2)[nH]1. The highest BCUT2D eigenvalue weighted by molar-refractivity contribution is 5.09. The molecule has 1 fully saturated rings. The van der Waals surface area contributed by atoms with Crippen molar-refractivity contribution in [3.8, 4) is 5.88 Å². The molecule has 76 valence electrons. The molecule has 1 saturated heterocycles. The van der Waals surface area contributed by atoms with Crippen molar-refractivity contribution in [2.24, 2.45) is 0 Å². The first-order valence-electron chi connectivity index (χ1n) is 4.79. The smallest absolute Gasteiger partial charge is 0.254 e. The zero-order chi connectivity index (χ0) is 9.97. The number of piperidine rings is 1. The lowest BCUT2D eigenvalue weighted by Gasteiger charge is -2.22. The van der Waals surface area contributed by atoms with E-state index in [2.05, 4.69) is 15.3 Å². The fourth-order valence-corrected chi connectivity index (χ4v) is 1.71. The molecule has 0 saturated carbocycles. The lowest BCUT2D eigenvalue weighted by molar-refractivity contribution is 0.385. The van der Waals surface area contributed by atoms with Crippen molar-refractivity contribution in [3.05, 3.63) is 22.2 Å². The van der Waals surface area contributed by atoms with Crippen LogP contribution in [0.2, 0.25) is 0 Å². The normalized spacial score (nSPS) is 22.1. The molecule has 3 N–H and O–H groups in total. The number of aromatic amines is 1. The van der Waals surface area contributed by atoms with E-state index >= 15 is 0 Å². The van der Waals surface area contributed by atoms with Gasteiger partial charge in [0.1, 0.15) is 5.82 Å². The number of hydrogen-bond acceptors (Lipinski definition) is 4. The van der Waals surface area contributed by atoms with Gasteiger partial charge in [-0.05, 0) is 19.4 Å². The average Bonchev–Trinajstić information content (AvgIpc) is 2.18. The van der Waals surface area contributed by atoms with Crippen LogP contribution in [0.25, 0.3) is 0 Å². The molecule has 14 heavy (non-hydrogen) atoms. The predicted octanol–water partition coefficient (Wildman–Crippen LogP) is 0.290. The number of nitrogens with one attached hydrogen (secondary N) is 2. The van der Waals surface area contributed by atoms with Gasteiger partial charge in [0.15, 0.2) is 0 Å². The lowest BCUT2D eigenvalue weighted by Crippen LogP contribution is -2.29. The van der Waals surface area contributed by atoms with Gasteiger partial charge < -0.3 is 15.4 Å². The van der Waals surface area contributed by atoms with Crippen molar-refractivity contribution in [1.82, 2.24) is 15.3 Å². The summed E-state index contributed by atoms with van der Waals surface area (Å²) in [5, 5.41) is 12.4. The van der Waals surface area contributed by atoms with Gasteiger partial charge in [-0.25, -0.2) is 0 Å². The van der Waals surface area contributed by atoms with Crippen LogP contribution in [-0.2, 0) is 0 Å². The molecular formula is C9H13N3O2. The van der Waals surface area contributed by atoms with E-state index in [1.165, 1.54) is 0 Å². The molecule has 1 aliphatic rings. The van der Waals surface area contributed by atoms with E-state index in [9.17, 15) is 4.79 Å². The zero-order valence-corrected chi connectivity index (χ0v) is 7.79. The Bertz CT molecular complexity index is 369. The third-order valence-electron chi connectivity index (χ3n) is 2.39. The second-order valence-electron chi connectivity index (χ2n) is 3.49. The van der Waals surface area contributed by atoms with Crippen LogP contribution in [-0.4, -0.2) is 21.6 Å². The highest BCUT2D eigenvalue weighted by Crippen LogP contribution is 2.19. The number of H-pyrrole nitrogens is 1. The molecule has 2 rings (SSSR count). The quantitative estimate of drug-likeness (QED) is 0.602. The molecule has 1 atom stereocenters. The number of rotatable bonds is 1. The highest BCUT2D eigenvalue weighted by atomic mass is 16.3. The van der Waals surface area contributed by atoms with Gasteiger partial charge in [-0.3, -0.25) is 4.79 Å². The standard InChI is InChI=1S/C9H13N3O2/c13-7-5-8(14)12-9(11-7)6-3-1-2-4-10-6/h5-6,10H,1-4H2,(H2,11,12,13,14). The van der Waals surface area contributed by atoms with Crippen LogP contribution in [0.3, 0.4) is 0 Å². The first kappa shape index (κ1) is 9.21. The Balaban J connectivity index is 2.26. The van der Waals surface area contributed by atoms with E-state index in [4.69, 9.17) is 5.11 Å². The average molecular weight is 195 g/mol. The maximum atomic E-state index is 11.1. The van der Waals surface area contributed by atoms with Crippen molar-refractivity contribution >= 4 is 0 Å². The molecule has 5 nitrogen and oxygen atoms in total. The van der Waals surface area contributed by atoms with E-state index < -0.39 is 0 Å². The third-order valence-corrected chi connectivity index (χ3v) is 2.39. The van der Waals surface area contributed by atoms with E-state index in [-0.39, 0.29) is 17.5 Å². The Labute approximate surface area is 81.2 Å². The molecule has 0 aromatic carbocycles. The van der Waals surface area contributed by atoms with E-state index in [1.807, 2.05) is 0 Å². The molecule has 1 unspecified atom stereocenters. The Morgan fingerprint density at radius 2 is 2.36 bits per heavy atom. The number of nitrogens with zero attached hydrogens (tertiary/aromatic N) is 1. The summed E-state index contributed by atoms with van der Waals surface area (Å²) in [4.78, 5) is 17.6. The van der Waals surface area contributed by atoms with Crippen LogP contribution in [0.5, 0.6) is 5.88 Å². The summed E-state index contributed by atoms with van der Waals surface area (Å²) in [7, 11) is 0. The topological polar surface area (TPSA) is 78.0 Å². The van der Waals surface area contributed by atoms with Gasteiger partial charge in [0.05, 0.1) is 12.1 Å². The lowest BCUT2D eigenvalue weighted by atomic mass is 10.0. The minimum atomic E-state index is -0.306. The Morgan fingerprint density at radius 1 is 1.50 bits per heavy atom. The monoisotopic (exact) mass is 195 g/mol. The minimum absolute atomic E-state index is 0.0727. The molecule has 1 aliphatic heterocycles. The number of aromatic nitrogens is 2. The highest BCUT2D eigenvalue weighted by Gasteiger charge is 2.17. The molecule has 0 radical (unpaired) electrons. The van der Waals surface area contributed by atoms with Gasteiger partial charge in [0.25, 0.3) is 5.56 Å². The van der Waals surface area contributed by atoms with E-state index in [0.717, 1.165) is 31.9 Å². The molecule has 5 heteroatoms. The van der Waals surface area contributed by atoms with Gasteiger partial charge in [-0.15, -0.1) is 0 Å². The summed E-state index contributed by atoms with van der Waals surface area (Å²) in [6, 6.07) is 1.15. The minimum Gasteiger partial charge on any atom is -0.493 e. The Morgan fingerprint density at radius 3 is 3.00 bits per heavy atom. The molecular weight excluding hydrogens is 182 g/mol. The predicted molar refractivity (Wildman–Crippen MR) is 51.1 cm³/mol. The van der Waals surface area contributed by atoms with Crippen LogP contribution in [0, 0.1) is 0 Å². The summed E-state index contributed by atoms with van der Waals surface area (Å²) in [5.41, 5.74) is -0.306. The molecule has 0 amide bonds. The summed E-state index contributed by atoms with van der Waals surface area (Å²) in [6.07, 6.45) is 3.23. The molecule has 0 spiro atoms. The largest absolute Gasteiger partial charge is 0.493 e. The van der Waals surface area contributed by atoms with Crippen LogP contribution < -0.4 is 10.9 Å². The van der Waals surface area contributed by atoms with Crippen molar-refractivity contribution in [2.45, 2.75) is 25.3 Å². The van der Waals surface area contributed by atoms with Crippen LogP contribution in [0.15, 0.2) is 10.9 Å². The Kier molecular flexibility index (Phi) is 2.49.